The number of aromatic amines is 1. The summed E-state index contributed by atoms with van der Waals surface area (Å²) in [6.07, 6.45) is 3.80. The lowest BCUT2D eigenvalue weighted by Crippen LogP contribution is -2.56. The third-order valence-electron chi connectivity index (χ3n) is 6.89. The Balaban J connectivity index is 1.48. The van der Waals surface area contributed by atoms with Crippen molar-refractivity contribution in [3.05, 3.63) is 41.7 Å². The number of carbonyl (C=O) groups excluding carboxylic acids is 1. The Labute approximate surface area is 149 Å². The maximum atomic E-state index is 15.8. The molecule has 3 aliphatic heterocycles. The maximum absolute atomic E-state index is 15.8. The number of hydrogen-bond acceptors (Lipinski definition) is 4. The summed E-state index contributed by atoms with van der Waals surface area (Å²) in [6, 6.07) is 7.77. The van der Waals surface area contributed by atoms with E-state index in [1.807, 2.05) is 24.3 Å². The van der Waals surface area contributed by atoms with Gasteiger partial charge < -0.3 is 14.5 Å². The van der Waals surface area contributed by atoms with Gasteiger partial charge in [-0.1, -0.05) is 12.1 Å². The molecule has 1 aromatic heterocycles. The second-order valence-electron chi connectivity index (χ2n) is 8.27. The van der Waals surface area contributed by atoms with Crippen molar-refractivity contribution < 1.29 is 18.7 Å². The Morgan fingerprint density at radius 1 is 1.35 bits per heavy atom. The van der Waals surface area contributed by atoms with Gasteiger partial charge in [-0.15, -0.1) is 0 Å². The molecule has 1 saturated carbocycles. The number of para-hydroxylation sites is 2. The number of hydrogen-bond donors (Lipinski definition) is 1. The zero-order chi connectivity index (χ0) is 17.7. The predicted molar refractivity (Wildman–Crippen MR) is 91.2 cm³/mol. The van der Waals surface area contributed by atoms with Crippen molar-refractivity contribution in [2.75, 3.05) is 0 Å². The van der Waals surface area contributed by atoms with Crippen LogP contribution in [-0.4, -0.2) is 38.9 Å². The fraction of sp³-hybridized carbons (Fsp3) is 0.500. The minimum atomic E-state index is -1.76. The number of imidazole rings is 1. The summed E-state index contributed by atoms with van der Waals surface area (Å²) >= 11 is 0. The Morgan fingerprint density at radius 2 is 2.19 bits per heavy atom. The summed E-state index contributed by atoms with van der Waals surface area (Å²) in [7, 11) is 0. The average molecular weight is 354 g/mol. The summed E-state index contributed by atoms with van der Waals surface area (Å²) in [4.78, 5) is 20.2. The molecule has 4 aliphatic rings. The second-order valence-corrected chi connectivity index (χ2v) is 8.27. The van der Waals surface area contributed by atoms with Crippen molar-refractivity contribution in [2.45, 2.75) is 55.6 Å². The number of benzene rings is 1. The van der Waals surface area contributed by atoms with E-state index >= 15 is 4.39 Å². The first-order valence-corrected chi connectivity index (χ1v) is 9.21. The highest BCUT2D eigenvalue weighted by molar-refractivity contribution is 5.95. The minimum absolute atomic E-state index is 0.118. The fourth-order valence-corrected chi connectivity index (χ4v) is 5.67. The lowest BCUT2D eigenvalue weighted by Gasteiger charge is -2.44. The number of ether oxygens (including phenoxy) is 2. The molecule has 5 nitrogen and oxygen atoms in total. The number of fused-ring (bicyclic) bond motifs is 2. The summed E-state index contributed by atoms with van der Waals surface area (Å²) in [5.74, 6) is 0.417. The molecule has 1 aliphatic carbocycles. The first-order valence-electron chi connectivity index (χ1n) is 9.21. The highest BCUT2D eigenvalue weighted by Gasteiger charge is 2.75. The lowest BCUT2D eigenvalue weighted by atomic mass is 9.78. The van der Waals surface area contributed by atoms with Crippen LogP contribution in [0.25, 0.3) is 11.0 Å². The average Bonchev–Trinajstić information content (AvgIpc) is 3.27. The fourth-order valence-electron chi connectivity index (χ4n) is 5.67. The number of esters is 1. The van der Waals surface area contributed by atoms with Crippen LogP contribution in [0.2, 0.25) is 0 Å². The molecule has 2 unspecified atom stereocenters. The van der Waals surface area contributed by atoms with Gasteiger partial charge in [0.05, 0.1) is 16.6 Å². The maximum Gasteiger partial charge on any atom is 0.337 e. The molecule has 1 spiro atoms. The Kier molecular flexibility index (Phi) is 2.50. The van der Waals surface area contributed by atoms with Gasteiger partial charge in [-0.3, -0.25) is 0 Å². The van der Waals surface area contributed by atoms with Crippen molar-refractivity contribution in [1.82, 2.24) is 9.97 Å². The number of halogens is 1. The van der Waals surface area contributed by atoms with Crippen molar-refractivity contribution >= 4 is 17.0 Å². The molecule has 3 fully saturated rings. The van der Waals surface area contributed by atoms with Crippen LogP contribution in [0, 0.1) is 5.92 Å². The zero-order valence-corrected chi connectivity index (χ0v) is 14.4. The van der Waals surface area contributed by atoms with E-state index in [-0.39, 0.29) is 12.0 Å². The number of alkyl halides is 1. The van der Waals surface area contributed by atoms with E-state index in [2.05, 4.69) is 9.97 Å². The molecule has 134 valence electrons. The SMILES string of the molecule is C[C@@]1(F)C=C2C(=O)O[C@@H]3CCC4CC1(Cc1nc5ccccc5[nH]1)O[C@]243. The minimum Gasteiger partial charge on any atom is -0.455 e. The molecule has 1 aromatic carbocycles. The monoisotopic (exact) mass is 354 g/mol. The van der Waals surface area contributed by atoms with Crippen LogP contribution in [0.4, 0.5) is 4.39 Å². The van der Waals surface area contributed by atoms with E-state index in [9.17, 15) is 4.79 Å². The second kappa shape index (κ2) is 4.36. The molecule has 6 rings (SSSR count). The number of nitrogens with one attached hydrogen (secondary N) is 1. The summed E-state index contributed by atoms with van der Waals surface area (Å²) < 4.78 is 27.9. The molecule has 26 heavy (non-hydrogen) atoms. The van der Waals surface area contributed by atoms with Crippen LogP contribution in [0.1, 0.15) is 32.0 Å². The van der Waals surface area contributed by atoms with E-state index in [1.165, 1.54) is 13.0 Å². The molecule has 4 heterocycles. The zero-order valence-electron chi connectivity index (χ0n) is 14.4. The third kappa shape index (κ3) is 1.56. The number of rotatable bonds is 2. The van der Waals surface area contributed by atoms with Gasteiger partial charge >= 0.3 is 5.97 Å². The smallest absolute Gasteiger partial charge is 0.337 e. The molecule has 0 radical (unpaired) electrons. The van der Waals surface area contributed by atoms with Gasteiger partial charge in [0.15, 0.2) is 5.67 Å². The summed E-state index contributed by atoms with van der Waals surface area (Å²) in [5.41, 5.74) is -1.35. The Morgan fingerprint density at radius 3 is 3.04 bits per heavy atom. The van der Waals surface area contributed by atoms with E-state index in [1.54, 1.807) is 0 Å². The topological polar surface area (TPSA) is 64.2 Å². The largest absolute Gasteiger partial charge is 0.455 e. The van der Waals surface area contributed by atoms with Gasteiger partial charge in [0, 0.05) is 6.42 Å². The molecule has 1 N–H and O–H groups in total. The number of aromatic nitrogens is 2. The summed E-state index contributed by atoms with van der Waals surface area (Å²) in [5, 5.41) is 0. The van der Waals surface area contributed by atoms with E-state index < -0.39 is 22.8 Å². The van der Waals surface area contributed by atoms with Crippen LogP contribution in [-0.2, 0) is 20.7 Å². The van der Waals surface area contributed by atoms with Crippen molar-refractivity contribution in [3.8, 4) is 0 Å². The number of carbonyl (C=O) groups is 1. The van der Waals surface area contributed by atoms with Crippen molar-refractivity contribution in [2.24, 2.45) is 5.92 Å². The van der Waals surface area contributed by atoms with Gasteiger partial charge in [0.1, 0.15) is 23.1 Å². The van der Waals surface area contributed by atoms with E-state index in [0.717, 1.165) is 23.9 Å². The predicted octanol–water partition coefficient (Wildman–Crippen LogP) is 3.01. The molecule has 6 heteroatoms. The molecule has 2 bridgehead atoms. The molecular formula is C20H19FN2O3. The highest BCUT2D eigenvalue weighted by atomic mass is 19.1. The van der Waals surface area contributed by atoms with Crippen LogP contribution >= 0.6 is 0 Å². The molecule has 0 amide bonds. The molecular weight excluding hydrogens is 335 g/mol. The quantitative estimate of drug-likeness (QED) is 0.842. The third-order valence-corrected chi connectivity index (χ3v) is 6.89. The number of H-pyrrole nitrogens is 1. The van der Waals surface area contributed by atoms with Crippen molar-refractivity contribution in [3.63, 3.8) is 0 Å². The van der Waals surface area contributed by atoms with Crippen LogP contribution < -0.4 is 0 Å². The standard InChI is InChI=1S/C20H19FN2O3/c1-18(21)9-12-17(24)25-15-7-6-11-8-19(18,26-20(11,12)15)10-16-22-13-4-2-3-5-14(13)23-16/h2-5,9,11,15H,6-8,10H2,1H3,(H,22,23)/t11?,15-,18-,19?,20+/m1/s1. The Bertz CT molecular complexity index is 963. The summed E-state index contributed by atoms with van der Waals surface area (Å²) in [6.45, 7) is 1.51. The highest BCUT2D eigenvalue weighted by Crippen LogP contribution is 2.65. The van der Waals surface area contributed by atoms with Crippen LogP contribution in [0.5, 0.6) is 0 Å². The normalized spacial score (nSPS) is 42.8. The number of nitrogens with zero attached hydrogens (tertiary/aromatic N) is 1. The van der Waals surface area contributed by atoms with E-state index in [0.29, 0.717) is 24.2 Å². The van der Waals surface area contributed by atoms with Gasteiger partial charge in [-0.25, -0.2) is 14.2 Å². The molecule has 2 saturated heterocycles. The first-order chi connectivity index (χ1) is 12.4. The van der Waals surface area contributed by atoms with E-state index in [4.69, 9.17) is 9.47 Å². The van der Waals surface area contributed by atoms with Crippen LogP contribution in [0.15, 0.2) is 35.9 Å². The van der Waals surface area contributed by atoms with Gasteiger partial charge in [0.25, 0.3) is 0 Å². The first kappa shape index (κ1) is 14.9. The molecule has 2 aromatic rings. The van der Waals surface area contributed by atoms with Gasteiger partial charge in [-0.2, -0.15) is 0 Å². The lowest BCUT2D eigenvalue weighted by molar-refractivity contribution is -0.172. The van der Waals surface area contributed by atoms with Gasteiger partial charge in [-0.05, 0) is 50.3 Å². The molecule has 5 atom stereocenters. The van der Waals surface area contributed by atoms with Gasteiger partial charge in [0.2, 0.25) is 0 Å². The van der Waals surface area contributed by atoms with Crippen molar-refractivity contribution in [1.29, 1.82) is 0 Å². The Hall–Kier alpha value is -2.21. The van der Waals surface area contributed by atoms with Crippen LogP contribution in [0.3, 0.4) is 0 Å².